The van der Waals surface area contributed by atoms with E-state index in [1.165, 1.54) is 18.7 Å². The maximum atomic E-state index is 4.72. The molecule has 1 saturated carbocycles. The summed E-state index contributed by atoms with van der Waals surface area (Å²) in [5, 5.41) is 13.5. The number of likely N-dealkylation sites (tertiary alicyclic amines) is 1. The molecule has 3 aromatic rings. The number of hydrogen-bond acceptors (Lipinski definition) is 6. The number of aromatic nitrogens is 6. The molecule has 1 aliphatic heterocycles. The molecular formula is C19H26N8. The van der Waals surface area contributed by atoms with E-state index in [0.29, 0.717) is 12.0 Å². The number of piperidine rings is 1. The minimum Gasteiger partial charge on any atom is -0.361 e. The van der Waals surface area contributed by atoms with E-state index in [2.05, 4.69) is 30.8 Å². The first kappa shape index (κ1) is 16.7. The summed E-state index contributed by atoms with van der Waals surface area (Å²) in [7, 11) is 4.00. The number of fused-ring (bicyclic) bond motifs is 1. The van der Waals surface area contributed by atoms with Gasteiger partial charge in [0.05, 0.1) is 6.54 Å². The molecule has 0 spiro atoms. The van der Waals surface area contributed by atoms with Crippen molar-refractivity contribution in [3.8, 4) is 0 Å². The highest BCUT2D eigenvalue weighted by atomic mass is 15.4. The molecule has 0 amide bonds. The van der Waals surface area contributed by atoms with Gasteiger partial charge in [-0.25, -0.2) is 4.98 Å². The van der Waals surface area contributed by atoms with Crippen molar-refractivity contribution in [3.63, 3.8) is 0 Å². The first-order valence-electron chi connectivity index (χ1n) is 9.83. The molecule has 0 unspecified atom stereocenters. The van der Waals surface area contributed by atoms with Crippen LogP contribution >= 0.6 is 0 Å². The van der Waals surface area contributed by atoms with Gasteiger partial charge in [-0.05, 0) is 50.9 Å². The number of rotatable bonds is 5. The Labute approximate surface area is 158 Å². The fourth-order valence-electron chi connectivity index (χ4n) is 3.99. The summed E-state index contributed by atoms with van der Waals surface area (Å²) in [5.41, 5.74) is 0.824. The second-order valence-corrected chi connectivity index (χ2v) is 7.95. The average Bonchev–Trinajstić information content (AvgIpc) is 3.27. The van der Waals surface area contributed by atoms with Crippen molar-refractivity contribution >= 4 is 11.5 Å². The Morgan fingerprint density at radius 3 is 2.63 bits per heavy atom. The molecule has 3 aromatic heterocycles. The van der Waals surface area contributed by atoms with Crippen LogP contribution in [0.2, 0.25) is 0 Å². The minimum atomic E-state index is 0.407. The van der Waals surface area contributed by atoms with E-state index in [1.54, 1.807) is 0 Å². The summed E-state index contributed by atoms with van der Waals surface area (Å²) < 4.78 is 4.29. The van der Waals surface area contributed by atoms with Crippen LogP contribution in [-0.4, -0.2) is 61.4 Å². The van der Waals surface area contributed by atoms with E-state index in [4.69, 9.17) is 5.10 Å². The number of hydrogen-bond donors (Lipinski definition) is 0. The van der Waals surface area contributed by atoms with E-state index in [9.17, 15) is 0 Å². The Kier molecular flexibility index (Phi) is 4.07. The third-order valence-electron chi connectivity index (χ3n) is 5.74. The molecular weight excluding hydrogens is 340 g/mol. The predicted molar refractivity (Wildman–Crippen MR) is 103 cm³/mol. The van der Waals surface area contributed by atoms with Crippen LogP contribution in [0.5, 0.6) is 0 Å². The van der Waals surface area contributed by atoms with Crippen LogP contribution in [0, 0.1) is 0 Å². The van der Waals surface area contributed by atoms with Crippen LogP contribution in [0.15, 0.2) is 24.5 Å². The maximum Gasteiger partial charge on any atom is 0.178 e. The molecule has 0 radical (unpaired) electrons. The quantitative estimate of drug-likeness (QED) is 0.689. The van der Waals surface area contributed by atoms with Gasteiger partial charge in [0, 0.05) is 38.4 Å². The first-order valence-corrected chi connectivity index (χ1v) is 9.83. The van der Waals surface area contributed by atoms with Gasteiger partial charge in [-0.2, -0.15) is 4.52 Å². The molecule has 0 atom stereocenters. The van der Waals surface area contributed by atoms with Gasteiger partial charge in [0.2, 0.25) is 0 Å². The van der Waals surface area contributed by atoms with Gasteiger partial charge in [0.25, 0.3) is 0 Å². The molecule has 0 aromatic carbocycles. The largest absolute Gasteiger partial charge is 0.361 e. The lowest BCUT2D eigenvalue weighted by molar-refractivity contribution is 0.194. The number of anilines is 1. The summed E-state index contributed by atoms with van der Waals surface area (Å²) in [6, 6.07) is 4.67. The zero-order chi connectivity index (χ0) is 18.4. The minimum absolute atomic E-state index is 0.407. The fraction of sp³-hybridized carbons (Fsp3) is 0.579. The van der Waals surface area contributed by atoms with Gasteiger partial charge in [-0.3, -0.25) is 4.90 Å². The number of imidazole rings is 1. The second-order valence-electron chi connectivity index (χ2n) is 7.95. The third-order valence-corrected chi connectivity index (χ3v) is 5.74. The summed E-state index contributed by atoms with van der Waals surface area (Å²) in [6.45, 7) is 3.06. The van der Waals surface area contributed by atoms with Crippen molar-refractivity contribution in [1.29, 1.82) is 0 Å². The van der Waals surface area contributed by atoms with Gasteiger partial charge >= 0.3 is 0 Å². The van der Waals surface area contributed by atoms with Crippen LogP contribution in [0.1, 0.15) is 49.3 Å². The summed E-state index contributed by atoms with van der Waals surface area (Å²) >= 11 is 0. The average molecular weight is 366 g/mol. The van der Waals surface area contributed by atoms with Crippen LogP contribution in [0.4, 0.5) is 5.82 Å². The maximum absolute atomic E-state index is 4.72. The molecule has 142 valence electrons. The van der Waals surface area contributed by atoms with Crippen molar-refractivity contribution in [1.82, 2.24) is 34.3 Å². The fourth-order valence-corrected chi connectivity index (χ4v) is 3.99. The molecule has 1 saturated heterocycles. The summed E-state index contributed by atoms with van der Waals surface area (Å²) in [6.07, 6.45) is 8.84. The van der Waals surface area contributed by atoms with Crippen molar-refractivity contribution in [2.75, 3.05) is 32.1 Å². The topological polar surface area (TPSA) is 67.4 Å². The van der Waals surface area contributed by atoms with Crippen molar-refractivity contribution in [2.45, 2.75) is 44.2 Å². The Bertz CT molecular complexity index is 930. The standard InChI is InChI=1S/C19H26N8/c1-24(2)17-6-5-16-21-22-19(27(16)23-17)14-7-10-25(11-8-14)13-18-20-9-12-26(18)15-3-4-15/h5-6,9,12,14-15H,3-4,7-8,10-11,13H2,1-2H3. The zero-order valence-corrected chi connectivity index (χ0v) is 16.0. The van der Waals surface area contributed by atoms with Crippen LogP contribution in [0.25, 0.3) is 5.65 Å². The molecule has 8 nitrogen and oxygen atoms in total. The zero-order valence-electron chi connectivity index (χ0n) is 16.0. The molecule has 1 aliphatic carbocycles. The smallest absolute Gasteiger partial charge is 0.178 e. The predicted octanol–water partition coefficient (Wildman–Crippen LogP) is 2.10. The molecule has 2 aliphatic rings. The SMILES string of the molecule is CN(C)c1ccc2nnc(C3CCN(Cc4nccn4C4CC4)CC3)n2n1. The van der Waals surface area contributed by atoms with E-state index in [0.717, 1.165) is 49.8 Å². The molecule has 4 heterocycles. The van der Waals surface area contributed by atoms with E-state index in [-0.39, 0.29) is 0 Å². The highest BCUT2D eigenvalue weighted by molar-refractivity contribution is 5.45. The van der Waals surface area contributed by atoms with Gasteiger partial charge in [0.1, 0.15) is 11.6 Å². The van der Waals surface area contributed by atoms with Gasteiger partial charge in [-0.15, -0.1) is 15.3 Å². The molecule has 27 heavy (non-hydrogen) atoms. The highest BCUT2D eigenvalue weighted by Gasteiger charge is 2.28. The van der Waals surface area contributed by atoms with Gasteiger partial charge < -0.3 is 9.47 Å². The van der Waals surface area contributed by atoms with Crippen LogP contribution in [0.3, 0.4) is 0 Å². The Balaban J connectivity index is 1.28. The van der Waals surface area contributed by atoms with Gasteiger partial charge in [-0.1, -0.05) is 0 Å². The molecule has 0 bridgehead atoms. The van der Waals surface area contributed by atoms with E-state index in [1.807, 2.05) is 41.8 Å². The molecule has 8 heteroatoms. The molecule has 5 rings (SSSR count). The van der Waals surface area contributed by atoms with Gasteiger partial charge in [0.15, 0.2) is 11.5 Å². The van der Waals surface area contributed by atoms with Crippen molar-refractivity contribution in [2.24, 2.45) is 0 Å². The lowest BCUT2D eigenvalue weighted by Gasteiger charge is -2.30. The van der Waals surface area contributed by atoms with Crippen molar-refractivity contribution < 1.29 is 0 Å². The van der Waals surface area contributed by atoms with E-state index >= 15 is 0 Å². The van der Waals surface area contributed by atoms with Crippen molar-refractivity contribution in [3.05, 3.63) is 36.2 Å². The number of nitrogens with zero attached hydrogens (tertiary/aromatic N) is 8. The molecule has 2 fully saturated rings. The van der Waals surface area contributed by atoms with E-state index < -0.39 is 0 Å². The Morgan fingerprint density at radius 2 is 1.89 bits per heavy atom. The third kappa shape index (κ3) is 3.18. The Morgan fingerprint density at radius 1 is 1.07 bits per heavy atom. The molecule has 0 N–H and O–H groups in total. The monoisotopic (exact) mass is 366 g/mol. The summed E-state index contributed by atoms with van der Waals surface area (Å²) in [5.74, 6) is 3.53. The second kappa shape index (κ2) is 6.60. The normalized spacial score (nSPS) is 19.0. The lowest BCUT2D eigenvalue weighted by Crippen LogP contribution is -2.34. The van der Waals surface area contributed by atoms with Crippen LogP contribution in [-0.2, 0) is 6.54 Å². The van der Waals surface area contributed by atoms with Crippen LogP contribution < -0.4 is 4.90 Å². The summed E-state index contributed by atoms with van der Waals surface area (Å²) in [4.78, 5) is 9.11. The Hall–Kier alpha value is -2.48. The first-order chi connectivity index (χ1) is 13.2. The highest BCUT2D eigenvalue weighted by Crippen LogP contribution is 2.36. The lowest BCUT2D eigenvalue weighted by atomic mass is 9.96.